The molecule has 1 saturated carbocycles. The number of piperazine rings is 1. The van der Waals surface area contributed by atoms with Gasteiger partial charge in [-0.1, -0.05) is 13.3 Å². The van der Waals surface area contributed by atoms with Crippen molar-refractivity contribution in [2.45, 2.75) is 64.0 Å². The van der Waals surface area contributed by atoms with Crippen molar-refractivity contribution in [3.05, 3.63) is 30.0 Å². The Morgan fingerprint density at radius 2 is 1.70 bits per heavy atom. The summed E-state index contributed by atoms with van der Waals surface area (Å²) in [5.74, 6) is -0.541. The molecular formula is C33H44N6O8. The topological polar surface area (TPSA) is 160 Å². The number of hydrogen-bond acceptors (Lipinski definition) is 9. The van der Waals surface area contributed by atoms with Crippen molar-refractivity contribution in [1.82, 2.24) is 30.3 Å². The van der Waals surface area contributed by atoms with Gasteiger partial charge in [0.05, 0.1) is 25.8 Å². The van der Waals surface area contributed by atoms with E-state index < -0.39 is 11.9 Å². The molecular weight excluding hydrogens is 608 g/mol. The molecule has 14 heteroatoms. The molecule has 1 unspecified atom stereocenters. The molecule has 0 radical (unpaired) electrons. The third kappa shape index (κ3) is 8.40. The fourth-order valence-corrected chi connectivity index (χ4v) is 5.84. The Hall–Kier alpha value is -4.62. The Bertz CT molecular complexity index is 1470. The van der Waals surface area contributed by atoms with Gasteiger partial charge in [0.25, 0.3) is 11.8 Å². The highest BCUT2D eigenvalue weighted by Crippen LogP contribution is 2.29. The van der Waals surface area contributed by atoms with Crippen LogP contribution in [-0.4, -0.2) is 121 Å². The van der Waals surface area contributed by atoms with Crippen molar-refractivity contribution in [2.24, 2.45) is 0 Å². The lowest BCUT2D eigenvalue weighted by Crippen LogP contribution is -2.52. The number of aromatic nitrogens is 1. The molecule has 3 fully saturated rings. The van der Waals surface area contributed by atoms with E-state index in [2.05, 4.69) is 15.6 Å². The number of pyridine rings is 1. The summed E-state index contributed by atoms with van der Waals surface area (Å²) in [6.45, 7) is 3.64. The largest absolute Gasteiger partial charge is 0.497 e. The molecule has 1 aromatic carbocycles. The molecule has 1 atom stereocenters. The number of hydrogen-bond donors (Lipinski definition) is 2. The second-order valence-corrected chi connectivity index (χ2v) is 12.1. The molecule has 2 aliphatic heterocycles. The average molecular weight is 653 g/mol. The zero-order chi connectivity index (χ0) is 33.3. The summed E-state index contributed by atoms with van der Waals surface area (Å²) in [5, 5.41) is 6.24. The van der Waals surface area contributed by atoms with Gasteiger partial charge >= 0.3 is 6.09 Å². The molecule has 2 N–H and O–H groups in total. The van der Waals surface area contributed by atoms with Crippen molar-refractivity contribution in [1.29, 1.82) is 0 Å². The molecule has 254 valence electrons. The lowest BCUT2D eigenvalue weighted by molar-refractivity contribution is -0.140. The van der Waals surface area contributed by atoms with Crippen LogP contribution < -0.4 is 20.1 Å². The van der Waals surface area contributed by atoms with Gasteiger partial charge in [0.1, 0.15) is 23.2 Å². The number of amides is 5. The van der Waals surface area contributed by atoms with E-state index in [-0.39, 0.29) is 54.5 Å². The highest BCUT2D eigenvalue weighted by atomic mass is 16.6. The van der Waals surface area contributed by atoms with Crippen LogP contribution in [0.2, 0.25) is 0 Å². The Labute approximate surface area is 274 Å². The summed E-state index contributed by atoms with van der Waals surface area (Å²) < 4.78 is 16.6. The number of rotatable bonds is 12. The van der Waals surface area contributed by atoms with Gasteiger partial charge in [-0.3, -0.25) is 19.2 Å². The van der Waals surface area contributed by atoms with E-state index in [0.29, 0.717) is 62.4 Å². The van der Waals surface area contributed by atoms with Gasteiger partial charge in [0.15, 0.2) is 6.61 Å². The Morgan fingerprint density at radius 3 is 2.40 bits per heavy atom. The molecule has 14 nitrogen and oxygen atoms in total. The standard InChI is InChI=1S/C33H44N6O8/c1-3-4-17-46-33(44)38-15-13-37(14-16-38)29(40)20-34-31(42)26-19-28(24-11-10-23(45-2)18-25(24)36-26)47-21-30(41)39-12-6-9-27(39)32(43)35-22-7-5-8-22/h10-11,18-19,22,27H,3-9,12-17,20-21H2,1-2H3,(H,34,42)(H,35,43). The number of fused-ring (bicyclic) bond motifs is 1. The fraction of sp³-hybridized carbons (Fsp3) is 0.576. The number of carbonyl (C=O) groups excluding carboxylic acids is 5. The molecule has 0 bridgehead atoms. The average Bonchev–Trinajstić information content (AvgIpc) is 3.57. The highest BCUT2D eigenvalue weighted by molar-refractivity contribution is 5.99. The summed E-state index contributed by atoms with van der Waals surface area (Å²) in [6, 6.07) is 6.22. The second kappa shape index (κ2) is 15.8. The van der Waals surface area contributed by atoms with Crippen LogP contribution in [0.4, 0.5) is 4.79 Å². The van der Waals surface area contributed by atoms with E-state index in [1.165, 1.54) is 13.2 Å². The molecule has 5 amide bonds. The van der Waals surface area contributed by atoms with Crippen LogP contribution in [-0.2, 0) is 19.1 Å². The predicted octanol–water partition coefficient (Wildman–Crippen LogP) is 2.09. The molecule has 1 aromatic heterocycles. The van der Waals surface area contributed by atoms with Gasteiger partial charge in [-0.05, 0) is 50.7 Å². The van der Waals surface area contributed by atoms with E-state index in [9.17, 15) is 24.0 Å². The Kier molecular flexibility index (Phi) is 11.3. The predicted molar refractivity (Wildman–Crippen MR) is 171 cm³/mol. The number of unbranched alkanes of at least 4 members (excludes halogenated alkanes) is 1. The van der Waals surface area contributed by atoms with Gasteiger partial charge in [0.2, 0.25) is 11.8 Å². The number of nitrogens with one attached hydrogen (secondary N) is 2. The maximum atomic E-state index is 13.2. The van der Waals surface area contributed by atoms with Crippen molar-refractivity contribution < 1.29 is 38.2 Å². The summed E-state index contributed by atoms with van der Waals surface area (Å²) in [6.07, 6.45) is 5.72. The number of methoxy groups -OCH3 is 1. The quantitative estimate of drug-likeness (QED) is 0.328. The number of benzene rings is 1. The lowest BCUT2D eigenvalue weighted by atomic mass is 9.93. The summed E-state index contributed by atoms with van der Waals surface area (Å²) >= 11 is 0. The third-order valence-corrected chi connectivity index (χ3v) is 8.90. The molecule has 3 aliphatic rings. The maximum absolute atomic E-state index is 13.2. The molecule has 2 saturated heterocycles. The third-order valence-electron chi connectivity index (χ3n) is 8.90. The molecule has 5 rings (SSSR count). The van der Waals surface area contributed by atoms with Crippen molar-refractivity contribution in [2.75, 3.05) is 59.6 Å². The first-order valence-corrected chi connectivity index (χ1v) is 16.5. The number of likely N-dealkylation sites (tertiary alicyclic amines) is 1. The number of nitrogens with zero attached hydrogens (tertiary/aromatic N) is 4. The summed E-state index contributed by atoms with van der Waals surface area (Å²) in [7, 11) is 1.52. The highest BCUT2D eigenvalue weighted by Gasteiger charge is 2.36. The van der Waals surface area contributed by atoms with Crippen LogP contribution >= 0.6 is 0 Å². The van der Waals surface area contributed by atoms with Gasteiger partial charge in [-0.25, -0.2) is 9.78 Å². The van der Waals surface area contributed by atoms with Crippen LogP contribution in [0.3, 0.4) is 0 Å². The summed E-state index contributed by atoms with van der Waals surface area (Å²) in [4.78, 5) is 73.6. The lowest BCUT2D eigenvalue weighted by Gasteiger charge is -2.34. The van der Waals surface area contributed by atoms with Crippen LogP contribution in [0.15, 0.2) is 24.3 Å². The zero-order valence-corrected chi connectivity index (χ0v) is 27.1. The first-order chi connectivity index (χ1) is 22.8. The van der Waals surface area contributed by atoms with E-state index in [4.69, 9.17) is 14.2 Å². The fourth-order valence-electron chi connectivity index (χ4n) is 5.84. The SMILES string of the molecule is CCCCOC(=O)N1CCN(C(=O)CNC(=O)c2cc(OCC(=O)N3CCCC3C(=O)NC3CCC3)c3ccc(OC)cc3n2)CC1. The van der Waals surface area contributed by atoms with Crippen molar-refractivity contribution in [3.8, 4) is 11.5 Å². The van der Waals surface area contributed by atoms with E-state index in [1.807, 2.05) is 6.92 Å². The van der Waals surface area contributed by atoms with Crippen LogP contribution in [0.25, 0.3) is 10.9 Å². The van der Waals surface area contributed by atoms with Crippen molar-refractivity contribution in [3.63, 3.8) is 0 Å². The molecule has 3 heterocycles. The second-order valence-electron chi connectivity index (χ2n) is 12.1. The van der Waals surface area contributed by atoms with Gasteiger partial charge in [-0.2, -0.15) is 0 Å². The maximum Gasteiger partial charge on any atom is 0.409 e. The smallest absolute Gasteiger partial charge is 0.409 e. The Balaban J connectivity index is 1.19. The van der Waals surface area contributed by atoms with Gasteiger partial charge < -0.3 is 39.5 Å². The normalized spacial score (nSPS) is 18.0. The Morgan fingerprint density at radius 1 is 0.936 bits per heavy atom. The van der Waals surface area contributed by atoms with Crippen LogP contribution in [0.5, 0.6) is 11.5 Å². The first-order valence-electron chi connectivity index (χ1n) is 16.5. The van der Waals surface area contributed by atoms with Crippen LogP contribution in [0.1, 0.15) is 62.4 Å². The van der Waals surface area contributed by atoms with E-state index in [0.717, 1.165) is 38.5 Å². The number of carbonyl (C=O) groups is 5. The van der Waals surface area contributed by atoms with Crippen LogP contribution in [0, 0.1) is 0 Å². The van der Waals surface area contributed by atoms with Crippen molar-refractivity contribution >= 4 is 40.6 Å². The first kappa shape index (κ1) is 33.7. The molecule has 1 aliphatic carbocycles. The molecule has 2 aromatic rings. The number of ether oxygens (including phenoxy) is 3. The molecule has 0 spiro atoms. The summed E-state index contributed by atoms with van der Waals surface area (Å²) in [5.41, 5.74) is 0.409. The van der Waals surface area contributed by atoms with E-state index >= 15 is 0 Å². The monoisotopic (exact) mass is 652 g/mol. The minimum absolute atomic E-state index is 0.000397. The molecule has 47 heavy (non-hydrogen) atoms. The zero-order valence-electron chi connectivity index (χ0n) is 27.1. The van der Waals surface area contributed by atoms with E-state index in [1.54, 1.807) is 32.9 Å². The van der Waals surface area contributed by atoms with Gasteiger partial charge in [0, 0.05) is 56.3 Å². The van der Waals surface area contributed by atoms with Gasteiger partial charge in [-0.15, -0.1) is 0 Å². The minimum Gasteiger partial charge on any atom is -0.497 e. The minimum atomic E-state index is -0.593.